The van der Waals surface area contributed by atoms with Crippen LogP contribution in [0.15, 0.2) is 0 Å². The molecule has 0 saturated heterocycles. The molecule has 2 aliphatic rings. The van der Waals surface area contributed by atoms with E-state index in [2.05, 4.69) is 36.0 Å². The molecule has 0 spiro atoms. The maximum Gasteiger partial charge on any atom is 0.0194 e. The van der Waals surface area contributed by atoms with E-state index in [1.807, 2.05) is 0 Å². The highest BCUT2D eigenvalue weighted by Gasteiger charge is 2.44. The molecule has 2 heteroatoms. The van der Waals surface area contributed by atoms with Gasteiger partial charge in [0.2, 0.25) is 0 Å². The number of fused-ring (bicyclic) bond motifs is 2. The fraction of sp³-hybridized carbons (Fsp3) is 1.00. The minimum absolute atomic E-state index is 0.979. The molecule has 2 bridgehead atoms. The predicted molar refractivity (Wildman–Crippen MR) is 60.1 cm³/mol. The molecule has 2 aliphatic carbocycles. The highest BCUT2D eigenvalue weighted by Crippen LogP contribution is 2.50. The van der Waals surface area contributed by atoms with E-state index in [4.69, 9.17) is 0 Å². The van der Waals surface area contributed by atoms with E-state index < -0.39 is 0 Å². The van der Waals surface area contributed by atoms with Gasteiger partial charge in [-0.1, -0.05) is 6.42 Å². The van der Waals surface area contributed by atoms with Crippen molar-refractivity contribution >= 4 is 23.5 Å². The standard InChI is InChI=1S/C10H18S2/c1-11-9-7-4-3-5-8(6-7)10(9)12-2/h7-10H,3-6H2,1-2H3. The second-order valence-electron chi connectivity index (χ2n) is 4.09. The average Bonchev–Trinajstić information content (AvgIpc) is 2.36. The van der Waals surface area contributed by atoms with Gasteiger partial charge in [-0.3, -0.25) is 0 Å². The van der Waals surface area contributed by atoms with Crippen molar-refractivity contribution in [2.75, 3.05) is 12.5 Å². The lowest BCUT2D eigenvalue weighted by molar-refractivity contribution is 0.362. The zero-order chi connectivity index (χ0) is 8.55. The number of hydrogen-bond donors (Lipinski definition) is 0. The molecule has 0 N–H and O–H groups in total. The second kappa shape index (κ2) is 3.83. The van der Waals surface area contributed by atoms with Crippen molar-refractivity contribution in [2.45, 2.75) is 36.2 Å². The Kier molecular flexibility index (Phi) is 2.96. The molecule has 0 aromatic heterocycles. The molecular formula is C10H18S2. The monoisotopic (exact) mass is 202 g/mol. The van der Waals surface area contributed by atoms with Gasteiger partial charge >= 0.3 is 0 Å². The summed E-state index contributed by atoms with van der Waals surface area (Å²) in [5.41, 5.74) is 0. The predicted octanol–water partition coefficient (Wildman–Crippen LogP) is 3.27. The van der Waals surface area contributed by atoms with Crippen molar-refractivity contribution in [3.63, 3.8) is 0 Å². The Bertz CT molecular complexity index is 142. The van der Waals surface area contributed by atoms with Gasteiger partial charge in [-0.15, -0.1) is 0 Å². The molecule has 0 amide bonds. The summed E-state index contributed by atoms with van der Waals surface area (Å²) in [7, 11) is 0. The molecular weight excluding hydrogens is 184 g/mol. The molecule has 4 atom stereocenters. The summed E-state index contributed by atoms with van der Waals surface area (Å²) in [6.07, 6.45) is 10.7. The zero-order valence-electron chi connectivity index (χ0n) is 7.95. The Labute approximate surface area is 84.3 Å². The molecule has 70 valence electrons. The van der Waals surface area contributed by atoms with Gasteiger partial charge in [0, 0.05) is 10.5 Å². The zero-order valence-corrected chi connectivity index (χ0v) is 9.59. The molecule has 4 unspecified atom stereocenters. The molecule has 2 saturated carbocycles. The SMILES string of the molecule is CSC1C2CCCC(C2)C1SC. The van der Waals surface area contributed by atoms with Crippen molar-refractivity contribution in [3.05, 3.63) is 0 Å². The van der Waals surface area contributed by atoms with E-state index in [1.54, 1.807) is 0 Å². The van der Waals surface area contributed by atoms with E-state index >= 15 is 0 Å². The van der Waals surface area contributed by atoms with Crippen molar-refractivity contribution in [2.24, 2.45) is 11.8 Å². The lowest BCUT2D eigenvalue weighted by Crippen LogP contribution is -2.20. The molecule has 0 radical (unpaired) electrons. The third-order valence-corrected chi connectivity index (χ3v) is 6.17. The summed E-state index contributed by atoms with van der Waals surface area (Å²) in [6, 6.07) is 0. The van der Waals surface area contributed by atoms with E-state index in [0.717, 1.165) is 22.3 Å². The molecule has 0 aliphatic heterocycles. The molecule has 0 nitrogen and oxygen atoms in total. The summed E-state index contributed by atoms with van der Waals surface area (Å²) in [5.74, 6) is 2.13. The summed E-state index contributed by atoms with van der Waals surface area (Å²) < 4.78 is 0. The lowest BCUT2D eigenvalue weighted by Gasteiger charge is -2.20. The van der Waals surface area contributed by atoms with Gasteiger partial charge < -0.3 is 0 Å². The van der Waals surface area contributed by atoms with Crippen molar-refractivity contribution in [1.82, 2.24) is 0 Å². The first kappa shape index (κ1) is 9.26. The Morgan fingerprint density at radius 1 is 0.917 bits per heavy atom. The third-order valence-electron chi connectivity index (χ3n) is 3.55. The topological polar surface area (TPSA) is 0 Å². The largest absolute Gasteiger partial charge is 0.161 e. The van der Waals surface area contributed by atoms with Gasteiger partial charge in [0.25, 0.3) is 0 Å². The second-order valence-corrected chi connectivity index (χ2v) is 6.12. The lowest BCUT2D eigenvalue weighted by atomic mass is 9.89. The normalized spacial score (nSPS) is 46.5. The van der Waals surface area contributed by atoms with Gasteiger partial charge in [0.15, 0.2) is 0 Å². The number of hydrogen-bond acceptors (Lipinski definition) is 2. The van der Waals surface area contributed by atoms with E-state index in [1.165, 1.54) is 25.7 Å². The average molecular weight is 202 g/mol. The Morgan fingerprint density at radius 3 is 1.83 bits per heavy atom. The van der Waals surface area contributed by atoms with Crippen LogP contribution in [0.5, 0.6) is 0 Å². The first-order chi connectivity index (χ1) is 5.86. The van der Waals surface area contributed by atoms with Crippen LogP contribution in [0, 0.1) is 11.8 Å². The van der Waals surface area contributed by atoms with Crippen LogP contribution < -0.4 is 0 Å². The smallest absolute Gasteiger partial charge is 0.0194 e. The molecule has 2 rings (SSSR count). The molecule has 0 aromatic rings. The Hall–Kier alpha value is 0.700. The quantitative estimate of drug-likeness (QED) is 0.674. The highest BCUT2D eigenvalue weighted by atomic mass is 32.2. The van der Waals surface area contributed by atoms with Gasteiger partial charge in [0.05, 0.1) is 0 Å². The van der Waals surface area contributed by atoms with Crippen LogP contribution in [-0.4, -0.2) is 23.0 Å². The van der Waals surface area contributed by atoms with E-state index in [0.29, 0.717) is 0 Å². The van der Waals surface area contributed by atoms with Crippen molar-refractivity contribution in [3.8, 4) is 0 Å². The summed E-state index contributed by atoms with van der Waals surface area (Å²) in [5, 5.41) is 1.96. The van der Waals surface area contributed by atoms with E-state index in [9.17, 15) is 0 Å². The minimum Gasteiger partial charge on any atom is -0.161 e. The van der Waals surface area contributed by atoms with Crippen LogP contribution in [0.1, 0.15) is 25.7 Å². The van der Waals surface area contributed by atoms with Gasteiger partial charge in [-0.25, -0.2) is 0 Å². The van der Waals surface area contributed by atoms with Crippen molar-refractivity contribution < 1.29 is 0 Å². The van der Waals surface area contributed by atoms with Gasteiger partial charge in [-0.05, 0) is 43.6 Å². The molecule has 0 heterocycles. The Balaban J connectivity index is 2.10. The van der Waals surface area contributed by atoms with Crippen LogP contribution in [0.3, 0.4) is 0 Å². The highest BCUT2D eigenvalue weighted by molar-refractivity contribution is 8.03. The van der Waals surface area contributed by atoms with E-state index in [-0.39, 0.29) is 0 Å². The first-order valence-electron chi connectivity index (χ1n) is 4.92. The number of thioether (sulfide) groups is 2. The fourth-order valence-corrected chi connectivity index (χ4v) is 5.97. The Morgan fingerprint density at radius 2 is 1.42 bits per heavy atom. The first-order valence-corrected chi connectivity index (χ1v) is 7.50. The van der Waals surface area contributed by atoms with Gasteiger partial charge in [-0.2, -0.15) is 23.5 Å². The maximum absolute atomic E-state index is 2.30. The van der Waals surface area contributed by atoms with Crippen LogP contribution in [0.2, 0.25) is 0 Å². The van der Waals surface area contributed by atoms with Crippen LogP contribution in [0.4, 0.5) is 0 Å². The minimum atomic E-state index is 0.979. The summed E-state index contributed by atoms with van der Waals surface area (Å²) in [6.45, 7) is 0. The summed E-state index contributed by atoms with van der Waals surface area (Å²) >= 11 is 4.24. The number of rotatable bonds is 2. The maximum atomic E-state index is 2.30. The molecule has 0 aromatic carbocycles. The van der Waals surface area contributed by atoms with Crippen molar-refractivity contribution in [1.29, 1.82) is 0 Å². The molecule has 2 fully saturated rings. The van der Waals surface area contributed by atoms with Crippen LogP contribution in [0.25, 0.3) is 0 Å². The molecule has 12 heavy (non-hydrogen) atoms. The third kappa shape index (κ3) is 1.41. The summed E-state index contributed by atoms with van der Waals surface area (Å²) in [4.78, 5) is 0. The fourth-order valence-electron chi connectivity index (χ4n) is 3.05. The van der Waals surface area contributed by atoms with Crippen LogP contribution in [-0.2, 0) is 0 Å². The van der Waals surface area contributed by atoms with Crippen LogP contribution >= 0.6 is 23.5 Å². The van der Waals surface area contributed by atoms with Gasteiger partial charge in [0.1, 0.15) is 0 Å².